The van der Waals surface area contributed by atoms with Gasteiger partial charge in [0.1, 0.15) is 11.3 Å². The molecule has 1 N–H and O–H groups in total. The molecule has 0 radical (unpaired) electrons. The number of aryl methyl sites for hydroxylation is 1. The van der Waals surface area contributed by atoms with E-state index >= 15 is 0 Å². The van der Waals surface area contributed by atoms with Crippen molar-refractivity contribution in [3.05, 3.63) is 35.8 Å². The van der Waals surface area contributed by atoms with Crippen LogP contribution in [0.1, 0.15) is 42.9 Å². The van der Waals surface area contributed by atoms with Crippen LogP contribution in [-0.4, -0.2) is 35.1 Å². The number of ether oxygens (including phenoxy) is 1. The molecule has 2 rings (SSSR count). The SMILES string of the molecule is CCCc1nc2ccccn2c1C(=O)NCCCOCC. The number of carbonyl (C=O) groups is 1. The fourth-order valence-electron chi connectivity index (χ4n) is 2.30. The predicted molar refractivity (Wildman–Crippen MR) is 82.6 cm³/mol. The van der Waals surface area contributed by atoms with E-state index in [1.54, 1.807) is 0 Å². The zero-order valence-electron chi connectivity index (χ0n) is 12.8. The summed E-state index contributed by atoms with van der Waals surface area (Å²) >= 11 is 0. The van der Waals surface area contributed by atoms with Crippen LogP contribution in [0.15, 0.2) is 24.4 Å². The number of hydrogen-bond donors (Lipinski definition) is 1. The molecule has 2 aromatic heterocycles. The summed E-state index contributed by atoms with van der Waals surface area (Å²) in [5.41, 5.74) is 2.34. The number of carbonyl (C=O) groups excluding carboxylic acids is 1. The fourth-order valence-corrected chi connectivity index (χ4v) is 2.30. The van der Waals surface area contributed by atoms with Crippen LogP contribution in [0.3, 0.4) is 0 Å². The van der Waals surface area contributed by atoms with Crippen molar-refractivity contribution in [3.63, 3.8) is 0 Å². The van der Waals surface area contributed by atoms with Crippen molar-refractivity contribution in [1.82, 2.24) is 14.7 Å². The average molecular weight is 289 g/mol. The number of amides is 1. The average Bonchev–Trinajstić information content (AvgIpc) is 2.85. The molecule has 5 nitrogen and oxygen atoms in total. The summed E-state index contributed by atoms with van der Waals surface area (Å²) in [4.78, 5) is 17.0. The molecule has 0 atom stereocenters. The van der Waals surface area contributed by atoms with Gasteiger partial charge in [0, 0.05) is 26.0 Å². The van der Waals surface area contributed by atoms with Gasteiger partial charge in [0.2, 0.25) is 0 Å². The molecule has 0 bridgehead atoms. The molecule has 0 aromatic carbocycles. The Bertz CT molecular complexity index is 592. The van der Waals surface area contributed by atoms with E-state index in [0.717, 1.165) is 30.6 Å². The van der Waals surface area contributed by atoms with E-state index in [4.69, 9.17) is 4.74 Å². The van der Waals surface area contributed by atoms with E-state index in [0.29, 0.717) is 25.5 Å². The molecule has 2 aromatic rings. The Hall–Kier alpha value is -1.88. The summed E-state index contributed by atoms with van der Waals surface area (Å²) in [6, 6.07) is 5.77. The Morgan fingerprint density at radius 3 is 3.00 bits per heavy atom. The van der Waals surface area contributed by atoms with E-state index in [1.807, 2.05) is 35.7 Å². The number of hydrogen-bond acceptors (Lipinski definition) is 3. The molecule has 0 saturated carbocycles. The standard InChI is InChI=1S/C16H23N3O2/c1-3-8-13-15(16(20)17-10-7-12-21-4-2)19-11-6-5-9-14(19)18-13/h5-6,9,11H,3-4,7-8,10,12H2,1-2H3,(H,17,20). The van der Waals surface area contributed by atoms with Crippen molar-refractivity contribution >= 4 is 11.6 Å². The van der Waals surface area contributed by atoms with Gasteiger partial charge in [-0.2, -0.15) is 0 Å². The summed E-state index contributed by atoms with van der Waals surface area (Å²) in [6.45, 7) is 6.06. The van der Waals surface area contributed by atoms with Crippen LogP contribution in [0.25, 0.3) is 5.65 Å². The van der Waals surface area contributed by atoms with Crippen molar-refractivity contribution in [2.24, 2.45) is 0 Å². The minimum absolute atomic E-state index is 0.0614. The zero-order chi connectivity index (χ0) is 15.1. The first kappa shape index (κ1) is 15.5. The molecule has 114 valence electrons. The smallest absolute Gasteiger partial charge is 0.270 e. The highest BCUT2D eigenvalue weighted by Gasteiger charge is 2.17. The summed E-state index contributed by atoms with van der Waals surface area (Å²) in [6.07, 6.45) is 4.48. The van der Waals surface area contributed by atoms with Crippen molar-refractivity contribution in [2.45, 2.75) is 33.1 Å². The van der Waals surface area contributed by atoms with Gasteiger partial charge in [-0.25, -0.2) is 4.98 Å². The maximum absolute atomic E-state index is 12.4. The van der Waals surface area contributed by atoms with E-state index in [9.17, 15) is 4.79 Å². The maximum atomic E-state index is 12.4. The Labute approximate surface area is 125 Å². The Morgan fingerprint density at radius 2 is 2.24 bits per heavy atom. The van der Waals surface area contributed by atoms with E-state index < -0.39 is 0 Å². The number of nitrogens with zero attached hydrogens (tertiary/aromatic N) is 2. The number of nitrogens with one attached hydrogen (secondary N) is 1. The van der Waals surface area contributed by atoms with Gasteiger partial charge in [-0.1, -0.05) is 19.4 Å². The second-order valence-electron chi connectivity index (χ2n) is 4.89. The van der Waals surface area contributed by atoms with Gasteiger partial charge in [-0.3, -0.25) is 9.20 Å². The Kier molecular flexibility index (Phi) is 5.75. The topological polar surface area (TPSA) is 55.6 Å². The van der Waals surface area contributed by atoms with Crippen LogP contribution in [0, 0.1) is 0 Å². The molecule has 1 amide bonds. The monoisotopic (exact) mass is 289 g/mol. The van der Waals surface area contributed by atoms with Gasteiger partial charge in [0.15, 0.2) is 0 Å². The van der Waals surface area contributed by atoms with Gasteiger partial charge in [0.25, 0.3) is 5.91 Å². The second-order valence-corrected chi connectivity index (χ2v) is 4.89. The van der Waals surface area contributed by atoms with Gasteiger partial charge in [0.05, 0.1) is 5.69 Å². The van der Waals surface area contributed by atoms with E-state index in [-0.39, 0.29) is 5.91 Å². The summed E-state index contributed by atoms with van der Waals surface area (Å²) in [5.74, 6) is -0.0614. The third kappa shape index (κ3) is 3.82. The molecule has 21 heavy (non-hydrogen) atoms. The quantitative estimate of drug-likeness (QED) is 0.759. The molecular formula is C16H23N3O2. The Morgan fingerprint density at radius 1 is 1.38 bits per heavy atom. The molecule has 0 aliphatic rings. The largest absolute Gasteiger partial charge is 0.382 e. The normalized spacial score (nSPS) is 11.0. The highest BCUT2D eigenvalue weighted by Crippen LogP contribution is 2.14. The van der Waals surface area contributed by atoms with Crippen molar-refractivity contribution < 1.29 is 9.53 Å². The first-order valence-corrected chi connectivity index (χ1v) is 7.59. The molecule has 0 fully saturated rings. The van der Waals surface area contributed by atoms with E-state index in [1.165, 1.54) is 0 Å². The summed E-state index contributed by atoms with van der Waals surface area (Å²) in [7, 11) is 0. The molecule has 0 unspecified atom stereocenters. The Balaban J connectivity index is 2.11. The molecular weight excluding hydrogens is 266 g/mol. The van der Waals surface area contributed by atoms with Crippen LogP contribution >= 0.6 is 0 Å². The first-order chi connectivity index (χ1) is 10.3. The number of fused-ring (bicyclic) bond motifs is 1. The third-order valence-electron chi connectivity index (χ3n) is 3.26. The maximum Gasteiger partial charge on any atom is 0.270 e. The van der Waals surface area contributed by atoms with Crippen molar-refractivity contribution in [1.29, 1.82) is 0 Å². The van der Waals surface area contributed by atoms with Crippen LogP contribution in [-0.2, 0) is 11.2 Å². The van der Waals surface area contributed by atoms with Crippen molar-refractivity contribution in [3.8, 4) is 0 Å². The first-order valence-electron chi connectivity index (χ1n) is 7.59. The van der Waals surface area contributed by atoms with Gasteiger partial charge < -0.3 is 10.1 Å². The molecule has 0 aliphatic carbocycles. The van der Waals surface area contributed by atoms with Gasteiger partial charge in [-0.05, 0) is 31.9 Å². The molecule has 2 heterocycles. The number of pyridine rings is 1. The van der Waals surface area contributed by atoms with Gasteiger partial charge in [-0.15, -0.1) is 0 Å². The molecule has 0 aliphatic heterocycles. The second kappa shape index (κ2) is 7.78. The minimum atomic E-state index is -0.0614. The number of imidazole rings is 1. The highest BCUT2D eigenvalue weighted by atomic mass is 16.5. The van der Waals surface area contributed by atoms with Crippen LogP contribution < -0.4 is 5.32 Å². The zero-order valence-corrected chi connectivity index (χ0v) is 12.8. The molecule has 0 saturated heterocycles. The third-order valence-corrected chi connectivity index (χ3v) is 3.26. The summed E-state index contributed by atoms with van der Waals surface area (Å²) < 4.78 is 7.13. The lowest BCUT2D eigenvalue weighted by Gasteiger charge is -2.07. The van der Waals surface area contributed by atoms with Gasteiger partial charge >= 0.3 is 0 Å². The van der Waals surface area contributed by atoms with Crippen LogP contribution in [0.2, 0.25) is 0 Å². The van der Waals surface area contributed by atoms with Crippen LogP contribution in [0.5, 0.6) is 0 Å². The number of rotatable bonds is 8. The molecule has 0 spiro atoms. The molecule has 5 heteroatoms. The lowest BCUT2D eigenvalue weighted by Crippen LogP contribution is -2.27. The lowest BCUT2D eigenvalue weighted by atomic mass is 10.2. The minimum Gasteiger partial charge on any atom is -0.382 e. The predicted octanol–water partition coefficient (Wildman–Crippen LogP) is 2.44. The fraction of sp³-hybridized carbons (Fsp3) is 0.500. The van der Waals surface area contributed by atoms with Crippen LogP contribution in [0.4, 0.5) is 0 Å². The van der Waals surface area contributed by atoms with E-state index in [2.05, 4.69) is 17.2 Å². The lowest BCUT2D eigenvalue weighted by molar-refractivity contribution is 0.0937. The summed E-state index contributed by atoms with van der Waals surface area (Å²) in [5, 5.41) is 2.96. The van der Waals surface area contributed by atoms with Crippen molar-refractivity contribution in [2.75, 3.05) is 19.8 Å². The number of aromatic nitrogens is 2. The highest BCUT2D eigenvalue weighted by molar-refractivity contribution is 5.94.